The topological polar surface area (TPSA) is 66.5 Å². The van der Waals surface area contributed by atoms with E-state index in [-0.39, 0.29) is 18.3 Å². The normalized spacial score (nSPS) is 11.4. The van der Waals surface area contributed by atoms with Gasteiger partial charge in [0.1, 0.15) is 5.82 Å². The highest BCUT2D eigenvalue weighted by atomic mass is 32.2. The smallest absolute Gasteiger partial charge is 0.255 e. The van der Waals surface area contributed by atoms with Crippen LogP contribution in [0.3, 0.4) is 0 Å². The van der Waals surface area contributed by atoms with Crippen molar-refractivity contribution in [3.05, 3.63) is 107 Å². The van der Waals surface area contributed by atoms with Crippen LogP contribution < -0.4 is 4.72 Å². The standard InChI is InChI=1S/C23H21FN2O3S/c1-26(17-20-9-5-6-10-22(20)24)23(27)19-11-13-21(14-12-19)25-30(28,29)16-15-18-7-3-2-4-8-18/h2-16,25H,17H2,1H3/b16-15+. The van der Waals surface area contributed by atoms with Crippen LogP contribution in [-0.4, -0.2) is 26.3 Å². The molecule has 0 bridgehead atoms. The fourth-order valence-corrected chi connectivity index (χ4v) is 3.65. The summed E-state index contributed by atoms with van der Waals surface area (Å²) in [5, 5.41) is 1.09. The Morgan fingerprint density at radius 1 is 0.967 bits per heavy atom. The van der Waals surface area contributed by atoms with Crippen LogP contribution in [-0.2, 0) is 16.6 Å². The number of hydrogen-bond donors (Lipinski definition) is 1. The SMILES string of the molecule is CN(Cc1ccccc1F)C(=O)c1ccc(NS(=O)(=O)/C=C/c2ccccc2)cc1. The van der Waals surface area contributed by atoms with E-state index in [0.717, 1.165) is 11.0 Å². The second-order valence-electron chi connectivity index (χ2n) is 6.69. The Labute approximate surface area is 175 Å². The van der Waals surface area contributed by atoms with E-state index in [1.54, 1.807) is 37.4 Å². The number of carbonyl (C=O) groups excluding carboxylic acids is 1. The van der Waals surface area contributed by atoms with Crippen molar-refractivity contribution in [1.29, 1.82) is 0 Å². The molecule has 0 radical (unpaired) electrons. The van der Waals surface area contributed by atoms with Gasteiger partial charge in [0.05, 0.1) is 5.41 Å². The van der Waals surface area contributed by atoms with Crippen molar-refractivity contribution < 1.29 is 17.6 Å². The van der Waals surface area contributed by atoms with E-state index in [9.17, 15) is 17.6 Å². The molecule has 154 valence electrons. The van der Waals surface area contributed by atoms with E-state index in [4.69, 9.17) is 0 Å². The van der Waals surface area contributed by atoms with Crippen molar-refractivity contribution in [3.63, 3.8) is 0 Å². The van der Waals surface area contributed by atoms with Crippen molar-refractivity contribution in [2.24, 2.45) is 0 Å². The van der Waals surface area contributed by atoms with E-state index >= 15 is 0 Å². The van der Waals surface area contributed by atoms with E-state index < -0.39 is 10.0 Å². The molecule has 0 saturated heterocycles. The monoisotopic (exact) mass is 424 g/mol. The molecular weight excluding hydrogens is 403 g/mol. The summed E-state index contributed by atoms with van der Waals surface area (Å²) in [7, 11) is -2.11. The minimum atomic E-state index is -3.70. The fourth-order valence-electron chi connectivity index (χ4n) is 2.79. The first-order chi connectivity index (χ1) is 14.3. The number of sulfonamides is 1. The van der Waals surface area contributed by atoms with Gasteiger partial charge in [-0.3, -0.25) is 9.52 Å². The molecule has 0 unspecified atom stereocenters. The summed E-state index contributed by atoms with van der Waals surface area (Å²) in [5.41, 5.74) is 1.89. The first-order valence-electron chi connectivity index (χ1n) is 9.19. The highest BCUT2D eigenvalue weighted by molar-refractivity contribution is 7.95. The van der Waals surface area contributed by atoms with Gasteiger partial charge in [0, 0.05) is 30.4 Å². The largest absolute Gasteiger partial charge is 0.337 e. The van der Waals surface area contributed by atoms with Crippen LogP contribution >= 0.6 is 0 Å². The first kappa shape index (κ1) is 21.3. The molecule has 3 rings (SSSR count). The number of halogens is 1. The summed E-state index contributed by atoms with van der Waals surface area (Å²) in [6, 6.07) is 21.4. The highest BCUT2D eigenvalue weighted by Crippen LogP contribution is 2.16. The highest BCUT2D eigenvalue weighted by Gasteiger charge is 2.14. The maximum Gasteiger partial charge on any atom is 0.255 e. The van der Waals surface area contributed by atoms with Crippen LogP contribution in [0.25, 0.3) is 6.08 Å². The molecule has 0 aliphatic rings. The molecular formula is C23H21FN2O3S. The van der Waals surface area contributed by atoms with Crippen molar-refractivity contribution in [3.8, 4) is 0 Å². The number of carbonyl (C=O) groups is 1. The lowest BCUT2D eigenvalue weighted by Gasteiger charge is -2.18. The molecule has 0 atom stereocenters. The number of rotatable bonds is 7. The third-order valence-electron chi connectivity index (χ3n) is 4.34. The van der Waals surface area contributed by atoms with E-state index in [0.29, 0.717) is 16.8 Å². The Balaban J connectivity index is 1.64. The van der Waals surface area contributed by atoms with Crippen LogP contribution in [0.4, 0.5) is 10.1 Å². The van der Waals surface area contributed by atoms with Gasteiger partial charge in [-0.05, 0) is 42.0 Å². The minimum Gasteiger partial charge on any atom is -0.337 e. The van der Waals surface area contributed by atoms with Crippen LogP contribution in [0.2, 0.25) is 0 Å². The Hall–Kier alpha value is -3.45. The second kappa shape index (κ2) is 9.37. The van der Waals surface area contributed by atoms with Gasteiger partial charge < -0.3 is 4.90 Å². The fraction of sp³-hybridized carbons (Fsp3) is 0.0870. The molecule has 0 spiro atoms. The third kappa shape index (κ3) is 5.78. The summed E-state index contributed by atoms with van der Waals surface area (Å²) < 4.78 is 40.7. The quantitative estimate of drug-likeness (QED) is 0.607. The summed E-state index contributed by atoms with van der Waals surface area (Å²) >= 11 is 0. The lowest BCUT2D eigenvalue weighted by atomic mass is 10.1. The lowest BCUT2D eigenvalue weighted by Crippen LogP contribution is -2.26. The number of benzene rings is 3. The molecule has 0 saturated carbocycles. The molecule has 1 N–H and O–H groups in total. The molecule has 7 heteroatoms. The molecule has 0 aromatic heterocycles. The van der Waals surface area contributed by atoms with Crippen LogP contribution in [0.15, 0.2) is 84.3 Å². The van der Waals surface area contributed by atoms with Crippen molar-refractivity contribution in [2.45, 2.75) is 6.54 Å². The molecule has 5 nitrogen and oxygen atoms in total. The number of nitrogens with zero attached hydrogens (tertiary/aromatic N) is 1. The van der Waals surface area contributed by atoms with Gasteiger partial charge >= 0.3 is 0 Å². The lowest BCUT2D eigenvalue weighted by molar-refractivity contribution is 0.0784. The van der Waals surface area contributed by atoms with E-state index in [2.05, 4.69) is 4.72 Å². The Bertz CT molecular complexity index is 1140. The molecule has 0 fully saturated rings. The Morgan fingerprint density at radius 2 is 1.60 bits per heavy atom. The molecule has 3 aromatic rings. The molecule has 0 aliphatic heterocycles. The minimum absolute atomic E-state index is 0.129. The molecule has 30 heavy (non-hydrogen) atoms. The van der Waals surface area contributed by atoms with Gasteiger partial charge in [-0.25, -0.2) is 12.8 Å². The zero-order valence-corrected chi connectivity index (χ0v) is 17.1. The van der Waals surface area contributed by atoms with Gasteiger partial charge in [-0.1, -0.05) is 48.5 Å². The van der Waals surface area contributed by atoms with Crippen LogP contribution in [0, 0.1) is 5.82 Å². The number of hydrogen-bond acceptors (Lipinski definition) is 3. The maximum atomic E-state index is 13.8. The molecule has 3 aromatic carbocycles. The molecule has 1 amide bonds. The Morgan fingerprint density at radius 3 is 2.27 bits per heavy atom. The number of nitrogens with one attached hydrogen (secondary N) is 1. The van der Waals surface area contributed by atoms with Crippen LogP contribution in [0.5, 0.6) is 0 Å². The van der Waals surface area contributed by atoms with Crippen molar-refractivity contribution in [1.82, 2.24) is 4.90 Å². The third-order valence-corrected chi connectivity index (χ3v) is 5.36. The van der Waals surface area contributed by atoms with Gasteiger partial charge in [0.25, 0.3) is 15.9 Å². The second-order valence-corrected chi connectivity index (χ2v) is 8.26. The van der Waals surface area contributed by atoms with Gasteiger partial charge in [0.2, 0.25) is 0 Å². The Kier molecular flexibility index (Phi) is 6.64. The van der Waals surface area contributed by atoms with Gasteiger partial charge in [-0.15, -0.1) is 0 Å². The van der Waals surface area contributed by atoms with Crippen LogP contribution in [0.1, 0.15) is 21.5 Å². The molecule has 0 aliphatic carbocycles. The number of anilines is 1. The average Bonchev–Trinajstić information content (AvgIpc) is 2.74. The average molecular weight is 424 g/mol. The summed E-state index contributed by atoms with van der Waals surface area (Å²) in [5.74, 6) is -0.665. The van der Waals surface area contributed by atoms with E-state index in [1.807, 2.05) is 18.2 Å². The predicted molar refractivity (Wildman–Crippen MR) is 117 cm³/mol. The zero-order valence-electron chi connectivity index (χ0n) is 16.3. The predicted octanol–water partition coefficient (Wildman–Crippen LogP) is 4.51. The van der Waals surface area contributed by atoms with Gasteiger partial charge in [-0.2, -0.15) is 0 Å². The zero-order chi connectivity index (χ0) is 21.6. The summed E-state index contributed by atoms with van der Waals surface area (Å²) in [4.78, 5) is 14.0. The van der Waals surface area contributed by atoms with Crippen molar-refractivity contribution >= 4 is 27.7 Å². The molecule has 0 heterocycles. The summed E-state index contributed by atoms with van der Waals surface area (Å²) in [6.45, 7) is 0.129. The summed E-state index contributed by atoms with van der Waals surface area (Å²) in [6.07, 6.45) is 1.50. The van der Waals surface area contributed by atoms with Gasteiger partial charge in [0.15, 0.2) is 0 Å². The van der Waals surface area contributed by atoms with Crippen molar-refractivity contribution in [2.75, 3.05) is 11.8 Å². The van der Waals surface area contributed by atoms with E-state index in [1.165, 1.54) is 41.3 Å². The first-order valence-corrected chi connectivity index (χ1v) is 10.7. The number of amides is 1. The maximum absolute atomic E-state index is 13.8.